The number of carboxylic acids is 3. The molecule has 0 spiro atoms. The molecule has 0 aromatic heterocycles. The molecule has 1 atom stereocenters. The van der Waals surface area contributed by atoms with Gasteiger partial charge in [0, 0.05) is 12.2 Å². The number of hydrogen-bond acceptors (Lipinski definition) is 9. The molecule has 2 aliphatic heterocycles. The number of carboxylic acid groups (broad SMARTS) is 3. The van der Waals surface area contributed by atoms with Gasteiger partial charge in [0.05, 0.1) is 12.8 Å². The van der Waals surface area contributed by atoms with Crippen LogP contribution in [0.4, 0.5) is 0 Å². The third-order valence-electron chi connectivity index (χ3n) is 2.53. The standard InChI is InChI=1S/2C6H6O4.C5H6O2.CO2/c2*7-5(8)3-4-1-2-6(9)10-4;1-2-3-4-5(6)7;2-1-3/h1H,2-3H2,(H,7,8);1-2,4H,3H2,(H,7,8);2-4H,1H2,(H,6,7);/b;;4-3+;. The van der Waals surface area contributed by atoms with E-state index in [1.807, 2.05) is 0 Å². The molecule has 0 saturated heterocycles. The number of cyclic esters (lactones) is 2. The van der Waals surface area contributed by atoms with Crippen molar-refractivity contribution in [2.75, 3.05) is 0 Å². The summed E-state index contributed by atoms with van der Waals surface area (Å²) >= 11 is 0. The van der Waals surface area contributed by atoms with Crippen LogP contribution in [0.2, 0.25) is 0 Å². The summed E-state index contributed by atoms with van der Waals surface area (Å²) in [4.78, 5) is 66.6. The second kappa shape index (κ2) is 16.8. The van der Waals surface area contributed by atoms with Gasteiger partial charge in [-0.15, -0.1) is 0 Å². The Kier molecular flexibility index (Phi) is 15.7. The Balaban J connectivity index is 0. The molecule has 2 heterocycles. The fourth-order valence-corrected chi connectivity index (χ4v) is 1.53. The van der Waals surface area contributed by atoms with Crippen LogP contribution in [0.1, 0.15) is 19.3 Å². The molecular weight excluding hydrogens is 408 g/mol. The van der Waals surface area contributed by atoms with Gasteiger partial charge in [0.15, 0.2) is 0 Å². The molecule has 12 heteroatoms. The van der Waals surface area contributed by atoms with Crippen LogP contribution in [0, 0.1) is 0 Å². The zero-order chi connectivity index (χ0) is 23.5. The molecule has 0 bridgehead atoms. The molecular formula is C18H18O12. The summed E-state index contributed by atoms with van der Waals surface area (Å²) < 4.78 is 9.05. The maximum Gasteiger partial charge on any atom is 0.373 e. The smallest absolute Gasteiger partial charge is 0.373 e. The largest absolute Gasteiger partial charge is 0.481 e. The van der Waals surface area contributed by atoms with Crippen LogP contribution in [0.5, 0.6) is 0 Å². The molecule has 3 N–H and O–H groups in total. The number of rotatable bonds is 6. The Morgan fingerprint density at radius 1 is 1.17 bits per heavy atom. The summed E-state index contributed by atoms with van der Waals surface area (Å²) in [5.74, 6) is -3.50. The summed E-state index contributed by atoms with van der Waals surface area (Å²) in [6, 6.07) is 0. The lowest BCUT2D eigenvalue weighted by Crippen LogP contribution is -2.12. The van der Waals surface area contributed by atoms with Crippen molar-refractivity contribution < 1.29 is 58.4 Å². The van der Waals surface area contributed by atoms with Crippen LogP contribution in [-0.2, 0) is 43.0 Å². The number of carbonyl (C=O) groups is 5. The van der Waals surface area contributed by atoms with Gasteiger partial charge in [0.25, 0.3) is 0 Å². The van der Waals surface area contributed by atoms with Crippen molar-refractivity contribution in [3.05, 3.63) is 48.8 Å². The van der Waals surface area contributed by atoms with Crippen LogP contribution in [-0.4, -0.2) is 57.4 Å². The van der Waals surface area contributed by atoms with Gasteiger partial charge in [-0.25, -0.2) is 9.59 Å². The topological polar surface area (TPSA) is 199 Å². The van der Waals surface area contributed by atoms with Gasteiger partial charge in [0.1, 0.15) is 18.3 Å². The Hall–Kier alpha value is -4.31. The molecule has 30 heavy (non-hydrogen) atoms. The quantitative estimate of drug-likeness (QED) is 0.302. The van der Waals surface area contributed by atoms with E-state index in [4.69, 9.17) is 24.9 Å². The molecule has 2 rings (SSSR count). The van der Waals surface area contributed by atoms with E-state index in [0.717, 1.165) is 6.08 Å². The van der Waals surface area contributed by atoms with Crippen LogP contribution in [0.25, 0.3) is 0 Å². The lowest BCUT2D eigenvalue weighted by molar-refractivity contribution is -0.192. The SMILES string of the molecule is C=C/C=C/C(=O)O.O=C(O)CC1=CCC(=O)O1.O=C(O)CC1C=CC(=O)O1.O=C=O. The van der Waals surface area contributed by atoms with Crippen LogP contribution in [0.15, 0.2) is 48.8 Å². The third-order valence-corrected chi connectivity index (χ3v) is 2.53. The highest BCUT2D eigenvalue weighted by atomic mass is 16.5. The van der Waals surface area contributed by atoms with Gasteiger partial charge in [-0.05, 0) is 12.2 Å². The average Bonchev–Trinajstić information content (AvgIpc) is 3.21. The number of allylic oxidation sites excluding steroid dienone is 2. The molecule has 162 valence electrons. The normalized spacial score (nSPS) is 15.5. The predicted octanol–water partition coefficient (Wildman–Crippen LogP) is 0.464. The zero-order valence-electron chi connectivity index (χ0n) is 15.4. The highest BCUT2D eigenvalue weighted by Gasteiger charge is 2.18. The van der Waals surface area contributed by atoms with Crippen molar-refractivity contribution in [2.24, 2.45) is 0 Å². The van der Waals surface area contributed by atoms with Crippen molar-refractivity contribution in [3.8, 4) is 0 Å². The van der Waals surface area contributed by atoms with Crippen molar-refractivity contribution in [1.82, 2.24) is 0 Å². The summed E-state index contributed by atoms with van der Waals surface area (Å²) in [7, 11) is 0. The molecule has 0 saturated carbocycles. The predicted molar refractivity (Wildman–Crippen MR) is 94.3 cm³/mol. The van der Waals surface area contributed by atoms with Crippen molar-refractivity contribution in [3.63, 3.8) is 0 Å². The van der Waals surface area contributed by atoms with Crippen molar-refractivity contribution in [1.29, 1.82) is 0 Å². The molecule has 0 aromatic rings. The summed E-state index contributed by atoms with van der Waals surface area (Å²) in [5, 5.41) is 24.4. The fraction of sp³-hybridized carbons (Fsp3) is 0.222. The number of aliphatic carboxylic acids is 3. The zero-order valence-corrected chi connectivity index (χ0v) is 15.4. The van der Waals surface area contributed by atoms with Gasteiger partial charge in [-0.1, -0.05) is 18.7 Å². The van der Waals surface area contributed by atoms with E-state index in [1.165, 1.54) is 30.4 Å². The van der Waals surface area contributed by atoms with Crippen LogP contribution in [0.3, 0.4) is 0 Å². The van der Waals surface area contributed by atoms with E-state index in [-0.39, 0.29) is 37.1 Å². The summed E-state index contributed by atoms with van der Waals surface area (Å²) in [6.45, 7) is 3.28. The van der Waals surface area contributed by atoms with E-state index in [0.29, 0.717) is 0 Å². The summed E-state index contributed by atoms with van der Waals surface area (Å²) in [5.41, 5.74) is 0. The second-order valence-corrected chi connectivity index (χ2v) is 4.87. The third kappa shape index (κ3) is 18.5. The number of hydrogen-bond donors (Lipinski definition) is 3. The Bertz CT molecular complexity index is 766. The first-order valence-electron chi connectivity index (χ1n) is 7.79. The lowest BCUT2D eigenvalue weighted by Gasteiger charge is -2.02. The maximum absolute atomic E-state index is 10.4. The van der Waals surface area contributed by atoms with E-state index < -0.39 is 30.0 Å². The second-order valence-electron chi connectivity index (χ2n) is 4.87. The van der Waals surface area contributed by atoms with Gasteiger partial charge in [-0.2, -0.15) is 9.59 Å². The molecule has 0 fully saturated rings. The van der Waals surface area contributed by atoms with E-state index in [1.54, 1.807) is 0 Å². The minimum Gasteiger partial charge on any atom is -0.481 e. The maximum atomic E-state index is 10.4. The minimum absolute atomic E-state index is 0.151. The lowest BCUT2D eigenvalue weighted by atomic mass is 10.2. The Labute approximate surface area is 169 Å². The van der Waals surface area contributed by atoms with E-state index in [2.05, 4.69) is 16.1 Å². The van der Waals surface area contributed by atoms with Crippen molar-refractivity contribution >= 4 is 36.0 Å². The number of ether oxygens (including phenoxy) is 2. The fourth-order valence-electron chi connectivity index (χ4n) is 1.53. The first-order valence-corrected chi connectivity index (χ1v) is 7.79. The molecule has 1 unspecified atom stereocenters. The molecule has 0 aromatic carbocycles. The number of carbonyl (C=O) groups excluding carboxylic acids is 4. The van der Waals surface area contributed by atoms with E-state index >= 15 is 0 Å². The molecule has 0 aliphatic carbocycles. The van der Waals surface area contributed by atoms with Crippen LogP contribution < -0.4 is 0 Å². The molecule has 12 nitrogen and oxygen atoms in total. The number of esters is 2. The minimum atomic E-state index is -0.985. The average molecular weight is 426 g/mol. The van der Waals surface area contributed by atoms with Gasteiger partial charge in [0.2, 0.25) is 0 Å². The molecule has 0 amide bonds. The van der Waals surface area contributed by atoms with E-state index in [9.17, 15) is 24.0 Å². The van der Waals surface area contributed by atoms with Gasteiger partial charge in [-0.3, -0.25) is 14.4 Å². The first kappa shape index (κ1) is 27.9. The highest BCUT2D eigenvalue weighted by Crippen LogP contribution is 2.13. The Morgan fingerprint density at radius 3 is 2.07 bits per heavy atom. The highest BCUT2D eigenvalue weighted by molar-refractivity contribution is 5.85. The van der Waals surface area contributed by atoms with Gasteiger partial charge < -0.3 is 24.8 Å². The first-order chi connectivity index (χ1) is 14.0. The monoisotopic (exact) mass is 426 g/mol. The Morgan fingerprint density at radius 2 is 1.77 bits per heavy atom. The van der Waals surface area contributed by atoms with Crippen molar-refractivity contribution in [2.45, 2.75) is 25.4 Å². The van der Waals surface area contributed by atoms with Gasteiger partial charge >= 0.3 is 36.0 Å². The summed E-state index contributed by atoms with van der Waals surface area (Å²) in [6.07, 6.45) is 7.48. The van der Waals surface area contributed by atoms with Crippen LogP contribution >= 0.6 is 0 Å². The molecule has 2 aliphatic rings. The molecule has 0 radical (unpaired) electrons.